The van der Waals surface area contributed by atoms with Crippen LogP contribution >= 0.6 is 0 Å². The zero-order valence-electron chi connectivity index (χ0n) is 11.7. The summed E-state index contributed by atoms with van der Waals surface area (Å²) in [5.41, 5.74) is 3.51. The van der Waals surface area contributed by atoms with E-state index in [4.69, 9.17) is 0 Å². The number of aromatic nitrogens is 3. The van der Waals surface area contributed by atoms with Crippen LogP contribution in [-0.4, -0.2) is 14.5 Å². The molecule has 0 aliphatic heterocycles. The van der Waals surface area contributed by atoms with E-state index in [1.807, 2.05) is 32.9 Å². The van der Waals surface area contributed by atoms with Crippen molar-refractivity contribution in [2.75, 3.05) is 0 Å². The van der Waals surface area contributed by atoms with Gasteiger partial charge in [-0.2, -0.15) is 0 Å². The molecule has 0 spiro atoms. The smallest absolute Gasteiger partial charge is 0.267 e. The molecule has 20 heavy (non-hydrogen) atoms. The molecule has 0 amide bonds. The summed E-state index contributed by atoms with van der Waals surface area (Å²) >= 11 is 0. The Morgan fingerprint density at radius 3 is 2.45 bits per heavy atom. The highest BCUT2D eigenvalue weighted by molar-refractivity contribution is 5.73. The Labute approximate surface area is 116 Å². The third kappa shape index (κ3) is 1.99. The van der Waals surface area contributed by atoms with Gasteiger partial charge in [0.25, 0.3) is 5.56 Å². The fourth-order valence-electron chi connectivity index (χ4n) is 2.51. The number of hydrogen-bond donors (Lipinski definition) is 0. The first-order chi connectivity index (χ1) is 9.56. The molecule has 1 aromatic carbocycles. The van der Waals surface area contributed by atoms with Crippen molar-refractivity contribution in [1.29, 1.82) is 0 Å². The number of fused-ring (bicyclic) bond motifs is 1. The van der Waals surface area contributed by atoms with Crippen molar-refractivity contribution in [1.82, 2.24) is 14.5 Å². The lowest BCUT2D eigenvalue weighted by atomic mass is 10.1. The van der Waals surface area contributed by atoms with Gasteiger partial charge in [-0.3, -0.25) is 9.36 Å². The predicted octanol–water partition coefficient (Wildman–Crippen LogP) is 2.71. The monoisotopic (exact) mass is 265 g/mol. The second-order valence-corrected chi connectivity index (χ2v) is 5.02. The van der Waals surface area contributed by atoms with Gasteiger partial charge in [-0.1, -0.05) is 6.07 Å². The van der Waals surface area contributed by atoms with Gasteiger partial charge in [-0.25, -0.2) is 9.97 Å². The van der Waals surface area contributed by atoms with Gasteiger partial charge in [0.15, 0.2) is 5.65 Å². The maximum Gasteiger partial charge on any atom is 0.267 e. The molecule has 2 aromatic heterocycles. The van der Waals surface area contributed by atoms with Crippen LogP contribution in [0.5, 0.6) is 0 Å². The number of pyridine rings is 1. The average Bonchev–Trinajstić information content (AvgIpc) is 2.37. The van der Waals surface area contributed by atoms with Crippen LogP contribution in [0.1, 0.15) is 17.0 Å². The van der Waals surface area contributed by atoms with Gasteiger partial charge in [0.05, 0.1) is 11.1 Å². The molecule has 0 atom stereocenters. The Kier molecular flexibility index (Phi) is 2.86. The lowest BCUT2D eigenvalue weighted by Gasteiger charge is -2.12. The molecule has 2 heterocycles. The first-order valence-electron chi connectivity index (χ1n) is 6.49. The minimum absolute atomic E-state index is 0.0781. The van der Waals surface area contributed by atoms with Gasteiger partial charge in [0.1, 0.15) is 5.82 Å². The fraction of sp³-hybridized carbons (Fsp3) is 0.188. The van der Waals surface area contributed by atoms with Crippen LogP contribution < -0.4 is 5.56 Å². The van der Waals surface area contributed by atoms with Crippen LogP contribution in [0.25, 0.3) is 16.7 Å². The lowest BCUT2D eigenvalue weighted by molar-refractivity contribution is 0.886. The zero-order valence-corrected chi connectivity index (χ0v) is 11.7. The summed E-state index contributed by atoms with van der Waals surface area (Å²) in [6.07, 6.45) is 1.65. The van der Waals surface area contributed by atoms with Crippen molar-refractivity contribution in [3.63, 3.8) is 0 Å². The van der Waals surface area contributed by atoms with E-state index in [0.717, 1.165) is 16.8 Å². The van der Waals surface area contributed by atoms with Crippen LogP contribution in [0.15, 0.2) is 41.3 Å². The molecule has 0 radical (unpaired) electrons. The van der Waals surface area contributed by atoms with Crippen molar-refractivity contribution < 1.29 is 0 Å². The van der Waals surface area contributed by atoms with E-state index >= 15 is 0 Å². The number of nitrogens with zero attached hydrogens (tertiary/aromatic N) is 3. The van der Waals surface area contributed by atoms with Crippen LogP contribution in [0.3, 0.4) is 0 Å². The summed E-state index contributed by atoms with van der Waals surface area (Å²) in [6.45, 7) is 5.87. The second-order valence-electron chi connectivity index (χ2n) is 5.02. The summed E-state index contributed by atoms with van der Waals surface area (Å²) < 4.78 is 1.64. The molecule has 0 aliphatic carbocycles. The van der Waals surface area contributed by atoms with Crippen molar-refractivity contribution in [3.8, 4) is 5.69 Å². The Morgan fingerprint density at radius 1 is 1.05 bits per heavy atom. The molecule has 0 bridgehead atoms. The van der Waals surface area contributed by atoms with E-state index in [1.165, 1.54) is 0 Å². The van der Waals surface area contributed by atoms with Crippen molar-refractivity contribution in [2.45, 2.75) is 20.8 Å². The molecule has 4 nitrogen and oxygen atoms in total. The fourth-order valence-corrected chi connectivity index (χ4v) is 2.51. The van der Waals surface area contributed by atoms with Gasteiger partial charge < -0.3 is 0 Å². The summed E-state index contributed by atoms with van der Waals surface area (Å²) in [6, 6.07) is 9.58. The van der Waals surface area contributed by atoms with E-state index in [9.17, 15) is 4.79 Å². The Balaban J connectivity index is 2.39. The first-order valence-corrected chi connectivity index (χ1v) is 6.49. The highest BCUT2D eigenvalue weighted by Crippen LogP contribution is 2.15. The van der Waals surface area contributed by atoms with Gasteiger partial charge in [0.2, 0.25) is 0 Å². The van der Waals surface area contributed by atoms with Crippen molar-refractivity contribution in [3.05, 3.63) is 63.8 Å². The lowest BCUT2D eigenvalue weighted by Crippen LogP contribution is -2.22. The van der Waals surface area contributed by atoms with Crippen LogP contribution in [0, 0.1) is 20.8 Å². The van der Waals surface area contributed by atoms with E-state index in [0.29, 0.717) is 16.9 Å². The average molecular weight is 265 g/mol. The minimum atomic E-state index is -0.0781. The second kappa shape index (κ2) is 4.56. The minimum Gasteiger partial charge on any atom is -0.268 e. The summed E-state index contributed by atoms with van der Waals surface area (Å²) in [5, 5.41) is 0.539. The van der Waals surface area contributed by atoms with E-state index in [2.05, 4.69) is 16.0 Å². The molecule has 3 aromatic rings. The van der Waals surface area contributed by atoms with E-state index in [1.54, 1.807) is 22.9 Å². The maximum absolute atomic E-state index is 12.7. The first kappa shape index (κ1) is 12.5. The SMILES string of the molecule is Cc1cc(C)cc(-n2c(C)nc3ncccc3c2=O)c1. The number of hydrogen-bond acceptors (Lipinski definition) is 3. The maximum atomic E-state index is 12.7. The van der Waals surface area contributed by atoms with Crippen molar-refractivity contribution in [2.24, 2.45) is 0 Å². The van der Waals surface area contributed by atoms with Gasteiger partial charge in [-0.05, 0) is 56.2 Å². The number of aryl methyl sites for hydroxylation is 3. The standard InChI is InChI=1S/C16H15N3O/c1-10-7-11(2)9-13(8-10)19-12(3)18-15-14(16(19)20)5-4-6-17-15/h4-9H,1-3H3. The molecule has 0 N–H and O–H groups in total. The highest BCUT2D eigenvalue weighted by Gasteiger charge is 2.10. The normalized spacial score (nSPS) is 10.9. The molecule has 100 valence electrons. The largest absolute Gasteiger partial charge is 0.268 e. The molecule has 0 saturated heterocycles. The predicted molar refractivity (Wildman–Crippen MR) is 79.3 cm³/mol. The van der Waals surface area contributed by atoms with Crippen LogP contribution in [-0.2, 0) is 0 Å². The van der Waals surface area contributed by atoms with Crippen molar-refractivity contribution >= 4 is 11.0 Å². The van der Waals surface area contributed by atoms with E-state index < -0.39 is 0 Å². The summed E-state index contributed by atoms with van der Waals surface area (Å²) in [4.78, 5) is 21.2. The van der Waals surface area contributed by atoms with Crippen LogP contribution in [0.2, 0.25) is 0 Å². The zero-order chi connectivity index (χ0) is 14.3. The molecular formula is C16H15N3O. The molecule has 4 heteroatoms. The molecule has 0 fully saturated rings. The number of rotatable bonds is 1. The molecule has 0 aliphatic rings. The van der Waals surface area contributed by atoms with Gasteiger partial charge in [-0.15, -0.1) is 0 Å². The third-order valence-corrected chi connectivity index (χ3v) is 3.28. The highest BCUT2D eigenvalue weighted by atomic mass is 16.1. The summed E-state index contributed by atoms with van der Waals surface area (Å²) in [7, 11) is 0. The summed E-state index contributed by atoms with van der Waals surface area (Å²) in [5.74, 6) is 0.645. The Bertz CT molecular complexity index is 845. The molecular weight excluding hydrogens is 250 g/mol. The molecule has 0 unspecified atom stereocenters. The third-order valence-electron chi connectivity index (χ3n) is 3.28. The Morgan fingerprint density at radius 2 is 1.75 bits per heavy atom. The molecule has 3 rings (SSSR count). The molecule has 0 saturated carbocycles. The van der Waals surface area contributed by atoms with Gasteiger partial charge in [0, 0.05) is 6.20 Å². The Hall–Kier alpha value is -2.49. The topological polar surface area (TPSA) is 47.8 Å². The number of benzene rings is 1. The quantitative estimate of drug-likeness (QED) is 0.679. The van der Waals surface area contributed by atoms with E-state index in [-0.39, 0.29) is 5.56 Å². The van der Waals surface area contributed by atoms with Crippen LogP contribution in [0.4, 0.5) is 0 Å². The van der Waals surface area contributed by atoms with Gasteiger partial charge >= 0.3 is 0 Å².